The fraction of sp³-hybridized carbons (Fsp3) is 0.450. The molecule has 1 aliphatic carbocycles. The SMILES string of the molecule is CC(C)Oc1ccc(C(C)C)cc1C(C)(F)F.CC(C)c1ccc(C2CCCCC2)cc1.CC(C)c1ccc(Cc2ccccc2)cc1.CCOc1ccc(C(C)C)cc1F.CCc1ccc(C(C)C)cc1.COCC#Cc1ccc(C(C)C)cc1F. The molecule has 1 aliphatic rings. The Morgan fingerprint density at radius 1 is 0.483 bits per heavy atom. The van der Waals surface area contributed by atoms with E-state index in [4.69, 9.17) is 14.2 Å². The second kappa shape index (κ2) is 39.3. The van der Waals surface area contributed by atoms with Gasteiger partial charge in [0.05, 0.1) is 23.8 Å². The van der Waals surface area contributed by atoms with Gasteiger partial charge in [-0.1, -0.05) is 242 Å². The largest absolute Gasteiger partial charge is 0.491 e. The molecule has 1 saturated carbocycles. The lowest BCUT2D eigenvalue weighted by molar-refractivity contribution is 0.0135. The minimum absolute atomic E-state index is 0.0302. The molecule has 87 heavy (non-hydrogen) atoms. The van der Waals surface area contributed by atoms with Gasteiger partial charge >= 0.3 is 0 Å². The van der Waals surface area contributed by atoms with Crippen LogP contribution in [0, 0.1) is 23.5 Å². The summed E-state index contributed by atoms with van der Waals surface area (Å²) in [4.78, 5) is 0. The zero-order valence-corrected chi connectivity index (χ0v) is 56.2. The van der Waals surface area contributed by atoms with E-state index in [0.29, 0.717) is 54.1 Å². The summed E-state index contributed by atoms with van der Waals surface area (Å²) in [6.07, 6.45) is 9.16. The van der Waals surface area contributed by atoms with Crippen molar-refractivity contribution in [3.63, 3.8) is 0 Å². The van der Waals surface area contributed by atoms with E-state index in [1.165, 1.54) is 71.6 Å². The third-order valence-electron chi connectivity index (χ3n) is 15.2. The lowest BCUT2D eigenvalue weighted by Gasteiger charge is -2.22. The number of halogens is 4. The van der Waals surface area contributed by atoms with Gasteiger partial charge in [-0.05, 0) is 180 Å². The molecule has 7 aromatic rings. The van der Waals surface area contributed by atoms with Crippen LogP contribution < -0.4 is 9.47 Å². The molecule has 472 valence electrons. The normalized spacial score (nSPS) is 12.1. The van der Waals surface area contributed by atoms with Gasteiger partial charge in [-0.15, -0.1) is 0 Å². The summed E-state index contributed by atoms with van der Waals surface area (Å²) in [6.45, 7) is 34.9. The standard InChI is InChI=1S/C16H18.C15H22.C14H20F2O.C13H15FO.C11H15FO.C11H16/c1-13(2)16-10-8-15(9-11-16)12-14-6-4-3-5-7-14;1-12(2)13-8-10-15(11-9-13)14-6-4-3-5-7-14;1-9(2)11-6-7-13(17-10(3)4)12(8-11)14(5,15)16;1-10(2)12-7-6-11(13(14)9-12)5-4-8-15-3;1-4-13-11-6-5-9(8(2)3)7-10(11)12;1-4-10-5-7-11(8-6-10)9(2)3/h3-11,13H,12H2,1-2H3;8-12,14H,3-7H2,1-2H3;6-10H,1-5H3;6-7,9-10H,8H2,1-3H3;5-8H,4H2,1-3H3;5-9H,4H2,1-3H3. The quantitative estimate of drug-likeness (QED) is 0.0713. The van der Waals surface area contributed by atoms with Gasteiger partial charge in [0.1, 0.15) is 18.2 Å². The number of rotatable bonds is 16. The molecule has 7 heteroatoms. The van der Waals surface area contributed by atoms with Gasteiger partial charge in [0, 0.05) is 14.0 Å². The molecule has 0 N–H and O–H groups in total. The van der Waals surface area contributed by atoms with Gasteiger partial charge in [0.25, 0.3) is 5.92 Å². The summed E-state index contributed by atoms with van der Waals surface area (Å²) in [6, 6.07) is 53.1. The fourth-order valence-corrected chi connectivity index (χ4v) is 9.53. The van der Waals surface area contributed by atoms with Gasteiger partial charge in [0.2, 0.25) is 0 Å². The van der Waals surface area contributed by atoms with Gasteiger partial charge in [-0.2, -0.15) is 0 Å². The van der Waals surface area contributed by atoms with Crippen LogP contribution in [0.4, 0.5) is 17.6 Å². The Morgan fingerprint density at radius 3 is 1.33 bits per heavy atom. The zero-order valence-electron chi connectivity index (χ0n) is 56.2. The van der Waals surface area contributed by atoms with Crippen molar-refractivity contribution in [3.05, 3.63) is 236 Å². The summed E-state index contributed by atoms with van der Waals surface area (Å²) >= 11 is 0. The maximum absolute atomic E-state index is 13.5. The maximum Gasteiger partial charge on any atom is 0.274 e. The first-order valence-corrected chi connectivity index (χ1v) is 32.0. The Bertz CT molecular complexity index is 3040. The van der Waals surface area contributed by atoms with Crippen molar-refractivity contribution in [2.24, 2.45) is 0 Å². The summed E-state index contributed by atoms with van der Waals surface area (Å²) in [5.41, 5.74) is 13.4. The van der Waals surface area contributed by atoms with Crippen molar-refractivity contribution in [2.45, 2.75) is 216 Å². The molecular weight excluding hydrogens is 1080 g/mol. The Morgan fingerprint density at radius 2 is 0.908 bits per heavy atom. The summed E-state index contributed by atoms with van der Waals surface area (Å²) in [5.74, 6) is 6.35. The monoisotopic (exact) mass is 1190 g/mol. The average Bonchev–Trinajstić information content (AvgIpc) is 3.69. The van der Waals surface area contributed by atoms with E-state index >= 15 is 0 Å². The number of alkyl halides is 2. The van der Waals surface area contributed by atoms with Crippen molar-refractivity contribution < 1.29 is 31.8 Å². The van der Waals surface area contributed by atoms with Crippen LogP contribution in [0.5, 0.6) is 11.5 Å². The Hall–Kier alpha value is -6.62. The number of benzene rings is 7. The average molecular weight is 1190 g/mol. The van der Waals surface area contributed by atoms with Crippen molar-refractivity contribution in [3.8, 4) is 23.3 Å². The molecule has 0 aromatic heterocycles. The highest BCUT2D eigenvalue weighted by Crippen LogP contribution is 2.37. The number of ether oxygens (including phenoxy) is 3. The van der Waals surface area contributed by atoms with Crippen LogP contribution in [0.3, 0.4) is 0 Å². The van der Waals surface area contributed by atoms with E-state index in [1.807, 2.05) is 80.5 Å². The van der Waals surface area contributed by atoms with E-state index in [2.05, 4.69) is 163 Å². The van der Waals surface area contributed by atoms with Crippen LogP contribution >= 0.6 is 0 Å². The van der Waals surface area contributed by atoms with Gasteiger partial charge in [-0.25, -0.2) is 17.6 Å². The van der Waals surface area contributed by atoms with Crippen LogP contribution in [0.1, 0.15) is 258 Å². The first kappa shape index (κ1) is 74.6. The Labute approximate surface area is 525 Å². The molecule has 0 unspecified atom stereocenters. The molecule has 7 aromatic carbocycles. The summed E-state index contributed by atoms with van der Waals surface area (Å²) in [5, 5.41) is 0. The van der Waals surface area contributed by atoms with Crippen LogP contribution in [-0.2, 0) is 23.5 Å². The predicted molar refractivity (Wildman–Crippen MR) is 363 cm³/mol. The van der Waals surface area contributed by atoms with E-state index in [9.17, 15) is 17.6 Å². The molecule has 0 saturated heterocycles. The van der Waals surface area contributed by atoms with Crippen LogP contribution in [0.2, 0.25) is 0 Å². The predicted octanol–water partition coefficient (Wildman–Crippen LogP) is 23.6. The third-order valence-corrected chi connectivity index (χ3v) is 15.2. The van der Waals surface area contributed by atoms with Crippen LogP contribution in [0.25, 0.3) is 0 Å². The molecular formula is C80H106F4O3. The molecule has 0 radical (unpaired) electrons. The second-order valence-electron chi connectivity index (χ2n) is 24.8. The van der Waals surface area contributed by atoms with Gasteiger partial charge in [-0.3, -0.25) is 0 Å². The summed E-state index contributed by atoms with van der Waals surface area (Å²) < 4.78 is 69.1. The minimum Gasteiger partial charge on any atom is -0.491 e. The molecule has 1 fully saturated rings. The van der Waals surface area contributed by atoms with E-state index in [1.54, 1.807) is 43.0 Å². The molecule has 8 rings (SSSR count). The topological polar surface area (TPSA) is 27.7 Å². The fourth-order valence-electron chi connectivity index (χ4n) is 9.53. The molecule has 0 bridgehead atoms. The second-order valence-corrected chi connectivity index (χ2v) is 24.8. The summed E-state index contributed by atoms with van der Waals surface area (Å²) in [7, 11) is 1.56. The van der Waals surface area contributed by atoms with Crippen molar-refractivity contribution in [1.82, 2.24) is 0 Å². The van der Waals surface area contributed by atoms with Crippen LogP contribution in [0.15, 0.2) is 158 Å². The number of hydrogen-bond acceptors (Lipinski definition) is 3. The number of hydrogen-bond donors (Lipinski definition) is 0. The highest BCUT2D eigenvalue weighted by molar-refractivity contribution is 5.42. The van der Waals surface area contributed by atoms with E-state index < -0.39 is 5.92 Å². The first-order valence-electron chi connectivity index (χ1n) is 32.0. The van der Waals surface area contributed by atoms with Crippen molar-refractivity contribution >= 4 is 0 Å². The molecule has 0 aliphatic heterocycles. The number of aryl methyl sites for hydroxylation is 1. The molecule has 0 spiro atoms. The lowest BCUT2D eigenvalue weighted by Crippen LogP contribution is -2.14. The highest BCUT2D eigenvalue weighted by Gasteiger charge is 2.29. The minimum atomic E-state index is -2.88. The molecule has 0 heterocycles. The van der Waals surface area contributed by atoms with Crippen molar-refractivity contribution in [1.29, 1.82) is 0 Å². The smallest absolute Gasteiger partial charge is 0.274 e. The molecule has 3 nitrogen and oxygen atoms in total. The van der Waals surface area contributed by atoms with Gasteiger partial charge in [0.15, 0.2) is 11.6 Å². The third kappa shape index (κ3) is 28.0. The zero-order chi connectivity index (χ0) is 64.6. The van der Waals surface area contributed by atoms with Crippen LogP contribution in [-0.4, -0.2) is 26.4 Å². The lowest BCUT2D eigenvalue weighted by atomic mass is 9.83. The van der Waals surface area contributed by atoms with Crippen molar-refractivity contribution in [2.75, 3.05) is 20.3 Å². The Kier molecular flexibility index (Phi) is 33.7. The van der Waals surface area contributed by atoms with E-state index in [0.717, 1.165) is 42.4 Å². The molecule has 0 atom stereocenters. The highest BCUT2D eigenvalue weighted by atomic mass is 19.3. The maximum atomic E-state index is 13.5. The molecule has 0 amide bonds. The first-order chi connectivity index (χ1) is 41.3. The Balaban J connectivity index is 0.000000274. The number of methoxy groups -OCH3 is 1. The van der Waals surface area contributed by atoms with E-state index in [-0.39, 0.29) is 35.0 Å². The van der Waals surface area contributed by atoms with Gasteiger partial charge < -0.3 is 14.2 Å².